The third-order valence-electron chi connectivity index (χ3n) is 5.31. The SMILES string of the molecule is CCc1cc2ccc(C(C#N)(CC)Cc3cccc(OC)c3)cc2[nH]c1=O. The lowest BCUT2D eigenvalue weighted by Gasteiger charge is -2.26. The Labute approximate surface area is 159 Å². The number of nitrogens with one attached hydrogen (secondary N) is 1. The van der Waals surface area contributed by atoms with E-state index in [1.165, 1.54) is 0 Å². The van der Waals surface area contributed by atoms with Crippen LogP contribution in [0.3, 0.4) is 0 Å². The van der Waals surface area contributed by atoms with Crippen LogP contribution in [0.15, 0.2) is 53.3 Å². The molecule has 4 heteroatoms. The molecule has 1 heterocycles. The van der Waals surface area contributed by atoms with Gasteiger partial charge in [0.15, 0.2) is 0 Å². The van der Waals surface area contributed by atoms with Gasteiger partial charge in [-0.3, -0.25) is 4.79 Å². The van der Waals surface area contributed by atoms with Crippen molar-refractivity contribution in [1.29, 1.82) is 5.26 Å². The molecule has 0 radical (unpaired) electrons. The first-order valence-electron chi connectivity index (χ1n) is 9.26. The number of hydrogen-bond donors (Lipinski definition) is 1. The Morgan fingerprint density at radius 1 is 1.15 bits per heavy atom. The Balaban J connectivity index is 2.08. The first-order valence-corrected chi connectivity index (χ1v) is 9.26. The average molecular weight is 360 g/mol. The maximum Gasteiger partial charge on any atom is 0.251 e. The molecule has 0 saturated carbocycles. The fourth-order valence-corrected chi connectivity index (χ4v) is 3.55. The van der Waals surface area contributed by atoms with Crippen LogP contribution in [0.4, 0.5) is 0 Å². The third kappa shape index (κ3) is 3.59. The van der Waals surface area contributed by atoms with Crippen molar-refractivity contribution in [2.45, 2.75) is 38.5 Å². The summed E-state index contributed by atoms with van der Waals surface area (Å²) in [6.45, 7) is 3.99. The number of hydrogen-bond acceptors (Lipinski definition) is 3. The number of pyridine rings is 1. The van der Waals surface area contributed by atoms with Gasteiger partial charge < -0.3 is 9.72 Å². The monoisotopic (exact) mass is 360 g/mol. The molecule has 0 aliphatic carbocycles. The number of ether oxygens (including phenoxy) is 1. The van der Waals surface area contributed by atoms with Gasteiger partial charge in [0.2, 0.25) is 0 Å². The molecule has 4 nitrogen and oxygen atoms in total. The highest BCUT2D eigenvalue weighted by atomic mass is 16.5. The van der Waals surface area contributed by atoms with Crippen LogP contribution in [0, 0.1) is 11.3 Å². The maximum absolute atomic E-state index is 12.2. The van der Waals surface area contributed by atoms with Gasteiger partial charge >= 0.3 is 0 Å². The molecule has 0 aliphatic rings. The number of rotatable bonds is 6. The molecule has 3 rings (SSSR count). The van der Waals surface area contributed by atoms with E-state index in [4.69, 9.17) is 4.74 Å². The van der Waals surface area contributed by atoms with Crippen molar-refractivity contribution in [2.24, 2.45) is 0 Å². The second-order valence-electron chi connectivity index (χ2n) is 6.86. The van der Waals surface area contributed by atoms with Gasteiger partial charge in [0.05, 0.1) is 18.6 Å². The van der Waals surface area contributed by atoms with Gasteiger partial charge in [-0.2, -0.15) is 5.26 Å². The van der Waals surface area contributed by atoms with Crippen molar-refractivity contribution in [3.05, 3.63) is 75.6 Å². The molecule has 2 aromatic carbocycles. The van der Waals surface area contributed by atoms with Crippen molar-refractivity contribution < 1.29 is 4.74 Å². The van der Waals surface area contributed by atoms with E-state index in [-0.39, 0.29) is 5.56 Å². The molecule has 1 N–H and O–H groups in total. The minimum absolute atomic E-state index is 0.0611. The summed E-state index contributed by atoms with van der Waals surface area (Å²) in [7, 11) is 1.64. The number of aromatic amines is 1. The topological polar surface area (TPSA) is 65.9 Å². The lowest BCUT2D eigenvalue weighted by Crippen LogP contribution is -2.26. The van der Waals surface area contributed by atoms with Crippen LogP contribution in [0.1, 0.15) is 37.0 Å². The van der Waals surface area contributed by atoms with Crippen molar-refractivity contribution >= 4 is 10.9 Å². The van der Waals surface area contributed by atoms with Crippen molar-refractivity contribution in [3.63, 3.8) is 0 Å². The van der Waals surface area contributed by atoms with E-state index in [0.717, 1.165) is 33.3 Å². The third-order valence-corrected chi connectivity index (χ3v) is 5.31. The second-order valence-corrected chi connectivity index (χ2v) is 6.86. The van der Waals surface area contributed by atoms with Crippen LogP contribution in [0.5, 0.6) is 5.75 Å². The Hall–Kier alpha value is -3.06. The first-order chi connectivity index (χ1) is 13.0. The van der Waals surface area contributed by atoms with E-state index >= 15 is 0 Å². The molecule has 27 heavy (non-hydrogen) atoms. The maximum atomic E-state index is 12.2. The lowest BCUT2D eigenvalue weighted by atomic mass is 9.74. The summed E-state index contributed by atoms with van der Waals surface area (Å²) in [4.78, 5) is 15.2. The molecule has 0 amide bonds. The minimum Gasteiger partial charge on any atom is -0.497 e. The minimum atomic E-state index is -0.666. The molecule has 0 saturated heterocycles. The highest BCUT2D eigenvalue weighted by Gasteiger charge is 2.31. The Morgan fingerprint density at radius 3 is 2.63 bits per heavy atom. The van der Waals surface area contributed by atoms with E-state index in [2.05, 4.69) is 11.1 Å². The Morgan fingerprint density at radius 2 is 1.96 bits per heavy atom. The summed E-state index contributed by atoms with van der Waals surface area (Å²) in [6, 6.07) is 18.2. The smallest absolute Gasteiger partial charge is 0.251 e. The first kappa shape index (κ1) is 18.7. The van der Waals surface area contributed by atoms with Gasteiger partial charge in [0.1, 0.15) is 5.75 Å². The Bertz CT molecular complexity index is 1060. The van der Waals surface area contributed by atoms with Crippen LogP contribution in [0.25, 0.3) is 10.9 Å². The van der Waals surface area contributed by atoms with Crippen LogP contribution >= 0.6 is 0 Å². The molecule has 0 spiro atoms. The standard InChI is InChI=1S/C23H24N2O2/c1-4-17-12-18-9-10-19(13-21(18)25-22(17)26)23(5-2,15-24)14-16-7-6-8-20(11-16)27-3/h6-13H,4-5,14H2,1-3H3,(H,25,26). The molecule has 1 aromatic heterocycles. The summed E-state index contributed by atoms with van der Waals surface area (Å²) >= 11 is 0. The molecular weight excluding hydrogens is 336 g/mol. The summed E-state index contributed by atoms with van der Waals surface area (Å²) in [5.74, 6) is 0.783. The normalized spacial score (nSPS) is 13.1. The molecule has 3 aromatic rings. The molecule has 138 valence electrons. The van der Waals surface area contributed by atoms with Crippen molar-refractivity contribution in [2.75, 3.05) is 7.11 Å². The van der Waals surface area contributed by atoms with E-state index in [0.29, 0.717) is 19.3 Å². The number of benzene rings is 2. The number of H-pyrrole nitrogens is 1. The summed E-state index contributed by atoms with van der Waals surface area (Å²) in [6.07, 6.45) is 1.95. The van der Waals surface area contributed by atoms with Crippen LogP contribution in [0.2, 0.25) is 0 Å². The van der Waals surface area contributed by atoms with Crippen LogP contribution < -0.4 is 10.3 Å². The number of methoxy groups -OCH3 is 1. The highest BCUT2D eigenvalue weighted by molar-refractivity contribution is 5.80. The fraction of sp³-hybridized carbons (Fsp3) is 0.304. The van der Waals surface area contributed by atoms with Crippen molar-refractivity contribution in [1.82, 2.24) is 4.98 Å². The number of nitrogens with zero attached hydrogens (tertiary/aromatic N) is 1. The zero-order chi connectivity index (χ0) is 19.4. The molecule has 0 fully saturated rings. The second kappa shape index (κ2) is 7.67. The predicted octanol–water partition coefficient (Wildman–Crippen LogP) is 4.51. The van der Waals surface area contributed by atoms with Crippen molar-refractivity contribution in [3.8, 4) is 11.8 Å². The zero-order valence-electron chi connectivity index (χ0n) is 16.0. The number of aromatic nitrogens is 1. The molecule has 1 unspecified atom stereocenters. The van der Waals surface area contributed by atoms with Gasteiger partial charge in [0, 0.05) is 11.1 Å². The van der Waals surface area contributed by atoms with Crippen LogP contribution in [-0.2, 0) is 18.3 Å². The van der Waals surface area contributed by atoms with Gasteiger partial charge in [-0.1, -0.05) is 38.1 Å². The quantitative estimate of drug-likeness (QED) is 0.703. The molecular formula is C23H24N2O2. The van der Waals surface area contributed by atoms with Gasteiger partial charge in [0.25, 0.3) is 5.56 Å². The lowest BCUT2D eigenvalue weighted by molar-refractivity contribution is 0.413. The fourth-order valence-electron chi connectivity index (χ4n) is 3.55. The van der Waals surface area contributed by atoms with Crippen LogP contribution in [-0.4, -0.2) is 12.1 Å². The zero-order valence-corrected chi connectivity index (χ0v) is 16.0. The summed E-state index contributed by atoms with van der Waals surface area (Å²) in [5, 5.41) is 11.1. The predicted molar refractivity (Wildman–Crippen MR) is 108 cm³/mol. The average Bonchev–Trinajstić information content (AvgIpc) is 2.71. The largest absolute Gasteiger partial charge is 0.497 e. The summed E-state index contributed by atoms with van der Waals surface area (Å²) in [5.41, 5.74) is 2.78. The highest BCUT2D eigenvalue weighted by Crippen LogP contribution is 2.33. The molecule has 0 bridgehead atoms. The summed E-state index contributed by atoms with van der Waals surface area (Å²) < 4.78 is 5.31. The van der Waals surface area contributed by atoms with E-state index < -0.39 is 5.41 Å². The van der Waals surface area contributed by atoms with E-state index in [9.17, 15) is 10.1 Å². The molecule has 1 atom stereocenters. The van der Waals surface area contributed by atoms with Gasteiger partial charge in [-0.25, -0.2) is 0 Å². The molecule has 0 aliphatic heterocycles. The Kier molecular flexibility index (Phi) is 5.32. The van der Waals surface area contributed by atoms with E-state index in [1.807, 2.05) is 62.4 Å². The number of nitriles is 1. The number of aryl methyl sites for hydroxylation is 1. The van der Waals surface area contributed by atoms with Gasteiger partial charge in [-0.15, -0.1) is 0 Å². The van der Waals surface area contributed by atoms with Gasteiger partial charge in [-0.05, 0) is 60.0 Å². The van der Waals surface area contributed by atoms with E-state index in [1.54, 1.807) is 7.11 Å². The number of fused-ring (bicyclic) bond motifs is 1.